The van der Waals surface area contributed by atoms with Gasteiger partial charge in [-0.25, -0.2) is 4.79 Å². The predicted molar refractivity (Wildman–Crippen MR) is 71.1 cm³/mol. The fraction of sp³-hybridized carbons (Fsp3) is 0.455. The highest BCUT2D eigenvalue weighted by Crippen LogP contribution is 2.24. The van der Waals surface area contributed by atoms with Crippen LogP contribution in [-0.2, 0) is 0 Å². The van der Waals surface area contributed by atoms with Gasteiger partial charge in [0.05, 0.1) is 9.88 Å². The van der Waals surface area contributed by atoms with Crippen molar-refractivity contribution in [1.29, 1.82) is 0 Å². The number of nitrogen functional groups attached to an aromatic ring is 1. The number of thiophene rings is 1. The molecule has 0 unspecified atom stereocenters. The zero-order chi connectivity index (χ0) is 13.7. The number of carboxylic acid groups (broad SMARTS) is 1. The van der Waals surface area contributed by atoms with Gasteiger partial charge in [-0.1, -0.05) is 0 Å². The number of rotatable bonds is 5. The largest absolute Gasteiger partial charge is 0.465 e. The molecular formula is C11H17N3O3S. The van der Waals surface area contributed by atoms with Gasteiger partial charge in [0.1, 0.15) is 0 Å². The zero-order valence-electron chi connectivity index (χ0n) is 10.4. The summed E-state index contributed by atoms with van der Waals surface area (Å²) in [5, 5.41) is 11.3. The lowest BCUT2D eigenvalue weighted by molar-refractivity contribution is 0.0798. The quantitative estimate of drug-likeness (QED) is 0.705. The summed E-state index contributed by atoms with van der Waals surface area (Å²) in [6.45, 7) is 2.68. The van der Waals surface area contributed by atoms with E-state index in [4.69, 9.17) is 10.8 Å². The van der Waals surface area contributed by atoms with Gasteiger partial charge >= 0.3 is 6.09 Å². The average molecular weight is 271 g/mol. The molecule has 6 nitrogen and oxygen atoms in total. The topological polar surface area (TPSA) is 95.7 Å². The Bertz CT molecular complexity index is 445. The van der Waals surface area contributed by atoms with Gasteiger partial charge in [0.15, 0.2) is 0 Å². The number of nitrogens with one attached hydrogen (secondary N) is 1. The molecule has 0 bridgehead atoms. The van der Waals surface area contributed by atoms with E-state index >= 15 is 0 Å². The molecule has 0 aromatic carbocycles. The van der Waals surface area contributed by atoms with Crippen LogP contribution in [0.15, 0.2) is 6.07 Å². The Morgan fingerprint density at radius 3 is 2.72 bits per heavy atom. The first kappa shape index (κ1) is 14.3. The number of nitrogens with zero attached hydrogens (tertiary/aromatic N) is 1. The monoisotopic (exact) mass is 271 g/mol. The Morgan fingerprint density at radius 1 is 1.56 bits per heavy atom. The zero-order valence-corrected chi connectivity index (χ0v) is 11.2. The van der Waals surface area contributed by atoms with Gasteiger partial charge in [0, 0.05) is 20.1 Å². The third-order valence-corrected chi connectivity index (χ3v) is 3.48. The third-order valence-electron chi connectivity index (χ3n) is 2.42. The van der Waals surface area contributed by atoms with Crippen LogP contribution in [-0.4, -0.2) is 42.1 Å². The molecule has 0 radical (unpaired) electrons. The van der Waals surface area contributed by atoms with Gasteiger partial charge in [0.2, 0.25) is 0 Å². The number of carbonyl (C=O) groups excluding carboxylic acids is 1. The SMILES string of the molecule is Cc1cc(N)sc1C(=O)N(C)CCCNC(=O)O. The Balaban J connectivity index is 2.46. The fourth-order valence-corrected chi connectivity index (χ4v) is 2.44. The molecule has 0 atom stereocenters. The van der Waals surface area contributed by atoms with Crippen LogP contribution in [0.25, 0.3) is 0 Å². The van der Waals surface area contributed by atoms with E-state index in [0.717, 1.165) is 5.56 Å². The van der Waals surface area contributed by atoms with Crippen molar-refractivity contribution in [1.82, 2.24) is 10.2 Å². The number of hydrogen-bond donors (Lipinski definition) is 3. The summed E-state index contributed by atoms with van der Waals surface area (Å²) in [6, 6.07) is 1.78. The summed E-state index contributed by atoms with van der Waals surface area (Å²) in [6.07, 6.45) is -0.472. The number of hydrogen-bond acceptors (Lipinski definition) is 4. The molecule has 0 aliphatic rings. The highest BCUT2D eigenvalue weighted by molar-refractivity contribution is 7.17. The summed E-state index contributed by atoms with van der Waals surface area (Å²) < 4.78 is 0. The highest BCUT2D eigenvalue weighted by Gasteiger charge is 2.16. The van der Waals surface area contributed by atoms with Gasteiger partial charge in [-0.3, -0.25) is 4.79 Å². The number of amides is 2. The molecule has 4 N–H and O–H groups in total. The minimum atomic E-state index is -1.05. The fourth-order valence-electron chi connectivity index (χ4n) is 1.51. The number of carbonyl (C=O) groups is 2. The first-order valence-electron chi connectivity index (χ1n) is 5.50. The van der Waals surface area contributed by atoms with E-state index < -0.39 is 6.09 Å². The molecule has 0 fully saturated rings. The van der Waals surface area contributed by atoms with Crippen molar-refractivity contribution >= 4 is 28.3 Å². The minimum Gasteiger partial charge on any atom is -0.465 e. The van der Waals surface area contributed by atoms with E-state index in [1.807, 2.05) is 6.92 Å². The number of anilines is 1. The van der Waals surface area contributed by atoms with Crippen LogP contribution in [0, 0.1) is 6.92 Å². The van der Waals surface area contributed by atoms with Crippen LogP contribution < -0.4 is 11.1 Å². The number of aryl methyl sites for hydroxylation is 1. The van der Waals surface area contributed by atoms with Crippen LogP contribution in [0.2, 0.25) is 0 Å². The second kappa shape index (κ2) is 6.25. The number of nitrogens with two attached hydrogens (primary N) is 1. The maximum atomic E-state index is 12.1. The summed E-state index contributed by atoms with van der Waals surface area (Å²) in [7, 11) is 1.69. The Kier molecular flexibility index (Phi) is 4.96. The Hall–Kier alpha value is -1.76. The normalized spacial score (nSPS) is 10.1. The van der Waals surface area contributed by atoms with E-state index in [9.17, 15) is 9.59 Å². The molecule has 1 aromatic heterocycles. The molecule has 0 saturated carbocycles. The van der Waals surface area contributed by atoms with Crippen LogP contribution in [0.5, 0.6) is 0 Å². The van der Waals surface area contributed by atoms with Gasteiger partial charge < -0.3 is 21.1 Å². The Morgan fingerprint density at radius 2 is 2.22 bits per heavy atom. The van der Waals surface area contributed by atoms with E-state index in [1.54, 1.807) is 18.0 Å². The van der Waals surface area contributed by atoms with Crippen molar-refractivity contribution in [2.24, 2.45) is 0 Å². The van der Waals surface area contributed by atoms with Gasteiger partial charge in [0.25, 0.3) is 5.91 Å². The average Bonchev–Trinajstić information content (AvgIpc) is 2.62. The molecular weight excluding hydrogens is 254 g/mol. The van der Waals surface area contributed by atoms with Gasteiger partial charge in [-0.2, -0.15) is 0 Å². The summed E-state index contributed by atoms with van der Waals surface area (Å²) in [5.41, 5.74) is 6.52. The summed E-state index contributed by atoms with van der Waals surface area (Å²) >= 11 is 1.27. The molecule has 0 saturated heterocycles. The highest BCUT2D eigenvalue weighted by atomic mass is 32.1. The second-order valence-corrected chi connectivity index (χ2v) is 5.06. The molecule has 1 aromatic rings. The maximum absolute atomic E-state index is 12.1. The molecule has 1 rings (SSSR count). The standard InChI is InChI=1S/C11H17N3O3S/c1-7-6-8(12)18-9(7)10(15)14(2)5-3-4-13-11(16)17/h6,13H,3-5,12H2,1-2H3,(H,16,17). The molecule has 0 spiro atoms. The molecule has 100 valence electrons. The lowest BCUT2D eigenvalue weighted by atomic mass is 10.2. The molecule has 2 amide bonds. The molecule has 1 heterocycles. The molecule has 0 aliphatic heterocycles. The van der Waals surface area contributed by atoms with Crippen molar-refractivity contribution in [3.8, 4) is 0 Å². The summed E-state index contributed by atoms with van der Waals surface area (Å²) in [4.78, 5) is 24.5. The van der Waals surface area contributed by atoms with Crippen molar-refractivity contribution in [3.05, 3.63) is 16.5 Å². The van der Waals surface area contributed by atoms with E-state index in [0.29, 0.717) is 29.4 Å². The van der Waals surface area contributed by atoms with Crippen molar-refractivity contribution in [2.75, 3.05) is 25.9 Å². The summed E-state index contributed by atoms with van der Waals surface area (Å²) in [5.74, 6) is -0.0791. The third kappa shape index (κ3) is 3.92. The van der Waals surface area contributed by atoms with E-state index in [-0.39, 0.29) is 5.91 Å². The van der Waals surface area contributed by atoms with Crippen LogP contribution in [0.1, 0.15) is 21.7 Å². The first-order chi connectivity index (χ1) is 8.41. The van der Waals surface area contributed by atoms with E-state index in [1.165, 1.54) is 11.3 Å². The smallest absolute Gasteiger partial charge is 0.404 e. The van der Waals surface area contributed by atoms with Gasteiger partial charge in [-0.15, -0.1) is 11.3 Å². The van der Waals surface area contributed by atoms with Crippen molar-refractivity contribution in [3.63, 3.8) is 0 Å². The lowest BCUT2D eigenvalue weighted by Crippen LogP contribution is -2.30. The van der Waals surface area contributed by atoms with Crippen LogP contribution in [0.4, 0.5) is 9.80 Å². The Labute approximate surface area is 109 Å². The van der Waals surface area contributed by atoms with Gasteiger partial charge in [-0.05, 0) is 25.0 Å². The minimum absolute atomic E-state index is 0.0791. The van der Waals surface area contributed by atoms with Crippen LogP contribution >= 0.6 is 11.3 Å². The van der Waals surface area contributed by atoms with Crippen LogP contribution in [0.3, 0.4) is 0 Å². The molecule has 0 aliphatic carbocycles. The van der Waals surface area contributed by atoms with Crippen molar-refractivity contribution in [2.45, 2.75) is 13.3 Å². The second-order valence-electron chi connectivity index (χ2n) is 3.97. The first-order valence-corrected chi connectivity index (χ1v) is 6.31. The van der Waals surface area contributed by atoms with E-state index in [2.05, 4.69) is 5.32 Å². The van der Waals surface area contributed by atoms with Crippen molar-refractivity contribution < 1.29 is 14.7 Å². The molecule has 18 heavy (non-hydrogen) atoms. The molecule has 7 heteroatoms. The lowest BCUT2D eigenvalue weighted by Gasteiger charge is -2.16. The predicted octanol–water partition coefficient (Wildman–Crippen LogP) is 1.37. The maximum Gasteiger partial charge on any atom is 0.404 e.